The van der Waals surface area contributed by atoms with E-state index in [-0.39, 0.29) is 18.1 Å². The van der Waals surface area contributed by atoms with E-state index in [1.165, 1.54) is 0 Å². The van der Waals surface area contributed by atoms with Gasteiger partial charge in [-0.05, 0) is 36.8 Å². The molecular formula is C21H27N5O3. The van der Waals surface area contributed by atoms with Gasteiger partial charge in [0, 0.05) is 32.2 Å². The molecule has 1 amide bonds. The minimum Gasteiger partial charge on any atom is -0.391 e. The van der Waals surface area contributed by atoms with E-state index in [0.29, 0.717) is 24.1 Å². The van der Waals surface area contributed by atoms with Gasteiger partial charge in [-0.1, -0.05) is 23.4 Å². The van der Waals surface area contributed by atoms with Gasteiger partial charge in [0.1, 0.15) is 0 Å². The first kappa shape index (κ1) is 18.7. The molecule has 2 aromatic rings. The molecule has 3 aliphatic rings. The number of hydrogen-bond donors (Lipinski definition) is 1. The summed E-state index contributed by atoms with van der Waals surface area (Å²) >= 11 is 0. The molecule has 0 bridgehead atoms. The molecule has 2 aliphatic heterocycles. The maximum Gasteiger partial charge on any atom is 0.276 e. The van der Waals surface area contributed by atoms with Gasteiger partial charge in [0.25, 0.3) is 5.91 Å². The normalized spacial score (nSPS) is 30.3. The van der Waals surface area contributed by atoms with Crippen LogP contribution in [-0.4, -0.2) is 87.3 Å². The third-order valence-electron chi connectivity index (χ3n) is 6.64. The van der Waals surface area contributed by atoms with Crippen LogP contribution in [0, 0.1) is 11.8 Å². The lowest BCUT2D eigenvalue weighted by molar-refractivity contribution is -0.0520. The molecule has 2 saturated heterocycles. The Kier molecular flexibility index (Phi) is 5.07. The zero-order chi connectivity index (χ0) is 19.8. The fraction of sp³-hybridized carbons (Fsp3) is 0.571. The van der Waals surface area contributed by atoms with Crippen LogP contribution in [0.15, 0.2) is 36.5 Å². The molecule has 154 valence electrons. The fourth-order valence-electron chi connectivity index (χ4n) is 5.11. The standard InChI is InChI=1S/C21H27N5O3/c27-20-11-16-13-25(12-15(16)10-19(20)24-6-8-29-9-7-24)21(28)18-14-26(23-22-18)17-4-2-1-3-5-17/h1-5,14-16,19-20,27H,6-13H2/t15-,16+,19-,20-/m1/s1. The lowest BCUT2D eigenvalue weighted by Crippen LogP contribution is -2.53. The Morgan fingerprint density at radius 2 is 1.79 bits per heavy atom. The molecule has 8 heteroatoms. The summed E-state index contributed by atoms with van der Waals surface area (Å²) in [7, 11) is 0. The Morgan fingerprint density at radius 3 is 2.55 bits per heavy atom. The van der Waals surface area contributed by atoms with Gasteiger partial charge < -0.3 is 14.7 Å². The molecule has 5 rings (SSSR count). The number of aliphatic hydroxyl groups excluding tert-OH is 1. The Balaban J connectivity index is 1.26. The predicted octanol–water partition coefficient (Wildman–Crippen LogP) is 0.811. The molecule has 8 nitrogen and oxygen atoms in total. The van der Waals surface area contributed by atoms with E-state index >= 15 is 0 Å². The highest BCUT2D eigenvalue weighted by Gasteiger charge is 2.45. The van der Waals surface area contributed by atoms with Gasteiger partial charge in [0.05, 0.1) is 31.2 Å². The quantitative estimate of drug-likeness (QED) is 0.825. The number of likely N-dealkylation sites (tertiary alicyclic amines) is 1. The zero-order valence-corrected chi connectivity index (χ0v) is 16.4. The SMILES string of the molecule is O=C(c1cn(-c2ccccc2)nn1)N1C[C@H]2C[C@@H](N3CCOCC3)[C@H](O)C[C@H]2C1. The number of amides is 1. The number of carbonyl (C=O) groups excluding carboxylic acids is 1. The van der Waals surface area contributed by atoms with E-state index in [1.54, 1.807) is 10.9 Å². The number of aromatic nitrogens is 3. The molecule has 3 fully saturated rings. The highest BCUT2D eigenvalue weighted by molar-refractivity contribution is 5.92. The van der Waals surface area contributed by atoms with Crippen molar-refractivity contribution in [3.05, 3.63) is 42.2 Å². The summed E-state index contributed by atoms with van der Waals surface area (Å²) in [4.78, 5) is 17.3. The van der Waals surface area contributed by atoms with Gasteiger partial charge in [0.2, 0.25) is 0 Å². The van der Waals surface area contributed by atoms with Crippen molar-refractivity contribution in [3.63, 3.8) is 0 Å². The monoisotopic (exact) mass is 397 g/mol. The number of rotatable bonds is 3. The van der Waals surface area contributed by atoms with Crippen LogP contribution in [0.5, 0.6) is 0 Å². The molecule has 1 N–H and O–H groups in total. The number of para-hydroxylation sites is 1. The van der Waals surface area contributed by atoms with Crippen molar-refractivity contribution in [1.82, 2.24) is 24.8 Å². The Labute approximate surface area is 170 Å². The molecular weight excluding hydrogens is 370 g/mol. The third kappa shape index (κ3) is 3.68. The van der Waals surface area contributed by atoms with Crippen molar-refractivity contribution in [2.45, 2.75) is 25.0 Å². The number of morpholine rings is 1. The van der Waals surface area contributed by atoms with Gasteiger partial charge in [-0.3, -0.25) is 9.69 Å². The summed E-state index contributed by atoms with van der Waals surface area (Å²) in [6.45, 7) is 4.65. The molecule has 1 aromatic heterocycles. The van der Waals surface area contributed by atoms with Crippen molar-refractivity contribution in [1.29, 1.82) is 0 Å². The topological polar surface area (TPSA) is 83.7 Å². The maximum absolute atomic E-state index is 13.0. The first-order valence-electron chi connectivity index (χ1n) is 10.5. The van der Waals surface area contributed by atoms with Crippen LogP contribution in [0.3, 0.4) is 0 Å². The average Bonchev–Trinajstić information content (AvgIpc) is 3.41. The summed E-state index contributed by atoms with van der Waals surface area (Å²) < 4.78 is 7.09. The summed E-state index contributed by atoms with van der Waals surface area (Å²) in [6.07, 6.45) is 3.06. The Morgan fingerprint density at radius 1 is 1.07 bits per heavy atom. The van der Waals surface area contributed by atoms with Crippen LogP contribution < -0.4 is 0 Å². The molecule has 0 spiro atoms. The lowest BCUT2D eigenvalue weighted by atomic mass is 9.77. The van der Waals surface area contributed by atoms with Crippen LogP contribution in [0.4, 0.5) is 0 Å². The van der Waals surface area contributed by atoms with Crippen molar-refractivity contribution in [2.24, 2.45) is 11.8 Å². The second kappa shape index (κ2) is 7.85. The molecule has 3 heterocycles. The third-order valence-corrected chi connectivity index (χ3v) is 6.64. The van der Waals surface area contributed by atoms with Crippen LogP contribution in [0.2, 0.25) is 0 Å². The molecule has 4 atom stereocenters. The van der Waals surface area contributed by atoms with Crippen molar-refractivity contribution < 1.29 is 14.6 Å². The molecule has 1 aromatic carbocycles. The molecule has 1 aliphatic carbocycles. The number of ether oxygens (including phenoxy) is 1. The summed E-state index contributed by atoms with van der Waals surface area (Å²) in [5.74, 6) is 0.716. The Bertz CT molecular complexity index is 851. The first-order valence-corrected chi connectivity index (χ1v) is 10.5. The number of benzene rings is 1. The van der Waals surface area contributed by atoms with E-state index in [1.807, 2.05) is 35.2 Å². The van der Waals surface area contributed by atoms with E-state index in [2.05, 4.69) is 15.2 Å². The Hall–Kier alpha value is -2.29. The number of aliphatic hydroxyl groups is 1. The summed E-state index contributed by atoms with van der Waals surface area (Å²) in [5.41, 5.74) is 1.25. The van der Waals surface area contributed by atoms with Gasteiger partial charge in [0.15, 0.2) is 5.69 Å². The van der Waals surface area contributed by atoms with E-state index in [9.17, 15) is 9.90 Å². The van der Waals surface area contributed by atoms with Crippen molar-refractivity contribution in [3.8, 4) is 5.69 Å². The summed E-state index contributed by atoms with van der Waals surface area (Å²) in [5, 5.41) is 19.0. The molecule has 29 heavy (non-hydrogen) atoms. The highest BCUT2D eigenvalue weighted by atomic mass is 16.5. The lowest BCUT2D eigenvalue weighted by Gasteiger charge is -2.43. The minimum atomic E-state index is -0.330. The van der Waals surface area contributed by atoms with Crippen LogP contribution in [0.25, 0.3) is 5.69 Å². The molecule has 0 radical (unpaired) electrons. The zero-order valence-electron chi connectivity index (χ0n) is 16.4. The highest BCUT2D eigenvalue weighted by Crippen LogP contribution is 2.38. The van der Waals surface area contributed by atoms with Crippen LogP contribution in [0.1, 0.15) is 23.3 Å². The van der Waals surface area contributed by atoms with Gasteiger partial charge in [-0.15, -0.1) is 5.10 Å². The average molecular weight is 397 g/mol. The van der Waals surface area contributed by atoms with E-state index in [4.69, 9.17) is 4.74 Å². The number of hydrogen-bond acceptors (Lipinski definition) is 6. The van der Waals surface area contributed by atoms with Gasteiger partial charge in [-0.25, -0.2) is 4.68 Å². The van der Waals surface area contributed by atoms with E-state index in [0.717, 1.165) is 51.4 Å². The second-order valence-electron chi connectivity index (χ2n) is 8.37. The largest absolute Gasteiger partial charge is 0.391 e. The first-order chi connectivity index (χ1) is 14.2. The van der Waals surface area contributed by atoms with Gasteiger partial charge in [-0.2, -0.15) is 0 Å². The number of fused-ring (bicyclic) bond motifs is 1. The van der Waals surface area contributed by atoms with E-state index < -0.39 is 0 Å². The predicted molar refractivity (Wildman–Crippen MR) is 106 cm³/mol. The maximum atomic E-state index is 13.0. The second-order valence-corrected chi connectivity index (χ2v) is 8.37. The minimum absolute atomic E-state index is 0.0704. The smallest absolute Gasteiger partial charge is 0.276 e. The molecule has 0 unspecified atom stereocenters. The molecule has 1 saturated carbocycles. The van der Waals surface area contributed by atoms with Crippen LogP contribution in [-0.2, 0) is 4.74 Å². The summed E-state index contributed by atoms with van der Waals surface area (Å²) in [6, 6.07) is 9.84. The fourth-order valence-corrected chi connectivity index (χ4v) is 5.11. The van der Waals surface area contributed by atoms with Crippen molar-refractivity contribution >= 4 is 5.91 Å². The van der Waals surface area contributed by atoms with Crippen molar-refractivity contribution in [2.75, 3.05) is 39.4 Å². The van der Waals surface area contributed by atoms with Gasteiger partial charge >= 0.3 is 0 Å². The van der Waals surface area contributed by atoms with Crippen LogP contribution >= 0.6 is 0 Å². The number of nitrogens with zero attached hydrogens (tertiary/aromatic N) is 5. The number of carbonyl (C=O) groups is 1.